The fraction of sp³-hybridized carbons (Fsp3) is 0.333. The molecule has 0 bridgehead atoms. The van der Waals surface area contributed by atoms with Gasteiger partial charge in [-0.3, -0.25) is 9.69 Å². The maximum atomic E-state index is 12.3. The molecule has 0 aliphatic carbocycles. The van der Waals surface area contributed by atoms with Gasteiger partial charge in [0.1, 0.15) is 11.9 Å². The molecule has 110 valence electrons. The van der Waals surface area contributed by atoms with E-state index in [4.69, 9.17) is 11.6 Å². The van der Waals surface area contributed by atoms with Crippen molar-refractivity contribution in [1.29, 1.82) is 0 Å². The van der Waals surface area contributed by atoms with Gasteiger partial charge in [-0.15, -0.1) is 0 Å². The monoisotopic (exact) mass is 304 g/mol. The standard InChI is InChI=1S/C15H17ClN4O/c1-19-8-6-17-13(19)10-20-9-7-18-15(21)14(20)11-4-2-3-5-12(11)16/h2-6,8,14H,7,9-10H2,1H3,(H,18,21)/t14-/m1/s1. The van der Waals surface area contributed by atoms with Crippen LogP contribution in [-0.2, 0) is 18.4 Å². The van der Waals surface area contributed by atoms with Gasteiger partial charge in [-0.05, 0) is 11.6 Å². The third-order valence-electron chi connectivity index (χ3n) is 3.78. The summed E-state index contributed by atoms with van der Waals surface area (Å²) in [6, 6.07) is 7.13. The molecule has 1 fully saturated rings. The van der Waals surface area contributed by atoms with Crippen LogP contribution in [0.4, 0.5) is 0 Å². The highest BCUT2D eigenvalue weighted by Gasteiger charge is 2.32. The minimum absolute atomic E-state index is 0.0106. The van der Waals surface area contributed by atoms with Gasteiger partial charge in [-0.25, -0.2) is 4.98 Å². The Morgan fingerprint density at radius 2 is 2.24 bits per heavy atom. The number of halogens is 1. The highest BCUT2D eigenvalue weighted by Crippen LogP contribution is 2.30. The van der Waals surface area contributed by atoms with Crippen molar-refractivity contribution in [3.8, 4) is 0 Å². The first-order valence-corrected chi connectivity index (χ1v) is 7.27. The van der Waals surface area contributed by atoms with E-state index in [1.165, 1.54) is 0 Å². The van der Waals surface area contributed by atoms with Gasteiger partial charge in [-0.1, -0.05) is 29.8 Å². The number of nitrogens with zero attached hydrogens (tertiary/aromatic N) is 3. The molecule has 0 radical (unpaired) electrons. The van der Waals surface area contributed by atoms with E-state index in [0.717, 1.165) is 17.9 Å². The topological polar surface area (TPSA) is 50.2 Å². The molecule has 1 saturated heterocycles. The first kappa shape index (κ1) is 14.1. The third-order valence-corrected chi connectivity index (χ3v) is 4.12. The molecule has 1 aliphatic heterocycles. The molecule has 2 aromatic rings. The lowest BCUT2D eigenvalue weighted by Gasteiger charge is -2.35. The van der Waals surface area contributed by atoms with Crippen LogP contribution in [0.5, 0.6) is 0 Å². The summed E-state index contributed by atoms with van der Waals surface area (Å²) in [6.07, 6.45) is 3.67. The van der Waals surface area contributed by atoms with Crippen LogP contribution < -0.4 is 5.32 Å². The average molecular weight is 305 g/mol. The van der Waals surface area contributed by atoms with Gasteiger partial charge in [0.2, 0.25) is 5.91 Å². The van der Waals surface area contributed by atoms with E-state index in [1.54, 1.807) is 6.20 Å². The zero-order valence-corrected chi connectivity index (χ0v) is 12.5. The van der Waals surface area contributed by atoms with E-state index in [-0.39, 0.29) is 11.9 Å². The van der Waals surface area contributed by atoms with Crippen LogP contribution in [0.2, 0.25) is 5.02 Å². The molecule has 1 aliphatic rings. The summed E-state index contributed by atoms with van der Waals surface area (Å²) < 4.78 is 1.97. The van der Waals surface area contributed by atoms with Crippen LogP contribution in [0.25, 0.3) is 0 Å². The number of amides is 1. The van der Waals surface area contributed by atoms with Crippen molar-refractivity contribution in [2.24, 2.45) is 7.05 Å². The Bertz CT molecular complexity index is 655. The van der Waals surface area contributed by atoms with Crippen LogP contribution >= 0.6 is 11.6 Å². The van der Waals surface area contributed by atoms with Gasteiger partial charge in [0.25, 0.3) is 0 Å². The van der Waals surface area contributed by atoms with E-state index >= 15 is 0 Å². The Morgan fingerprint density at radius 1 is 1.43 bits per heavy atom. The predicted octanol–water partition coefficient (Wildman–Crippen LogP) is 1.75. The minimum Gasteiger partial charge on any atom is -0.353 e. The number of nitrogens with one attached hydrogen (secondary N) is 1. The highest BCUT2D eigenvalue weighted by molar-refractivity contribution is 6.31. The number of aromatic nitrogens is 2. The number of piperazine rings is 1. The lowest BCUT2D eigenvalue weighted by Crippen LogP contribution is -2.49. The second-order valence-electron chi connectivity index (χ2n) is 5.14. The number of carbonyl (C=O) groups is 1. The van der Waals surface area contributed by atoms with Gasteiger partial charge in [0.15, 0.2) is 0 Å². The quantitative estimate of drug-likeness (QED) is 0.940. The number of benzene rings is 1. The van der Waals surface area contributed by atoms with Crippen LogP contribution in [0, 0.1) is 0 Å². The predicted molar refractivity (Wildman–Crippen MR) is 80.8 cm³/mol. The number of carbonyl (C=O) groups excluding carboxylic acids is 1. The second-order valence-corrected chi connectivity index (χ2v) is 5.55. The molecule has 5 nitrogen and oxygen atoms in total. The zero-order valence-electron chi connectivity index (χ0n) is 11.8. The average Bonchev–Trinajstić information content (AvgIpc) is 2.86. The van der Waals surface area contributed by atoms with Crippen LogP contribution in [0.3, 0.4) is 0 Å². The van der Waals surface area contributed by atoms with E-state index in [9.17, 15) is 4.79 Å². The number of rotatable bonds is 3. The molecule has 1 N–H and O–H groups in total. The van der Waals surface area contributed by atoms with Crippen LogP contribution in [0.1, 0.15) is 17.4 Å². The van der Waals surface area contributed by atoms with Gasteiger partial charge in [0.05, 0.1) is 6.54 Å². The van der Waals surface area contributed by atoms with E-state index in [2.05, 4.69) is 15.2 Å². The van der Waals surface area contributed by atoms with Crippen molar-refractivity contribution in [1.82, 2.24) is 19.8 Å². The fourth-order valence-corrected chi connectivity index (χ4v) is 2.89. The normalized spacial score (nSPS) is 19.5. The van der Waals surface area contributed by atoms with Crippen molar-refractivity contribution in [3.05, 3.63) is 53.1 Å². The van der Waals surface area contributed by atoms with E-state index < -0.39 is 0 Å². The van der Waals surface area contributed by atoms with Crippen molar-refractivity contribution in [3.63, 3.8) is 0 Å². The zero-order chi connectivity index (χ0) is 14.8. The first-order valence-electron chi connectivity index (χ1n) is 6.89. The Kier molecular flexibility index (Phi) is 3.94. The molecule has 3 rings (SSSR count). The summed E-state index contributed by atoms with van der Waals surface area (Å²) in [5, 5.41) is 3.53. The van der Waals surface area contributed by atoms with Gasteiger partial charge in [0, 0.05) is 37.6 Å². The summed E-state index contributed by atoms with van der Waals surface area (Å²) in [5.41, 5.74) is 0.838. The van der Waals surface area contributed by atoms with E-state index in [1.807, 2.05) is 42.1 Å². The summed E-state index contributed by atoms with van der Waals surface area (Å²) in [6.45, 7) is 2.03. The molecule has 6 heteroatoms. The summed E-state index contributed by atoms with van der Waals surface area (Å²) in [7, 11) is 1.96. The molecule has 21 heavy (non-hydrogen) atoms. The fourth-order valence-electron chi connectivity index (χ4n) is 2.65. The Hall–Kier alpha value is -1.85. The summed E-state index contributed by atoms with van der Waals surface area (Å²) in [5.74, 6) is 0.922. The van der Waals surface area contributed by atoms with Gasteiger partial charge < -0.3 is 9.88 Å². The van der Waals surface area contributed by atoms with Crippen LogP contribution in [-0.4, -0.2) is 33.4 Å². The molecule has 0 unspecified atom stereocenters. The minimum atomic E-state index is -0.371. The largest absolute Gasteiger partial charge is 0.353 e. The molecule has 1 aromatic heterocycles. The molecule has 0 spiro atoms. The maximum absolute atomic E-state index is 12.3. The highest BCUT2D eigenvalue weighted by atomic mass is 35.5. The Balaban J connectivity index is 1.92. The SMILES string of the molecule is Cn1ccnc1CN1CCNC(=O)[C@H]1c1ccccc1Cl. The Morgan fingerprint density at radius 3 is 2.95 bits per heavy atom. The van der Waals surface area contributed by atoms with Crippen molar-refractivity contribution in [2.75, 3.05) is 13.1 Å². The number of aryl methyl sites for hydroxylation is 1. The number of imidazole rings is 1. The lowest BCUT2D eigenvalue weighted by atomic mass is 10.0. The van der Waals surface area contributed by atoms with Crippen molar-refractivity contribution < 1.29 is 4.79 Å². The Labute approximate surface area is 128 Å². The molecule has 1 amide bonds. The van der Waals surface area contributed by atoms with Gasteiger partial charge >= 0.3 is 0 Å². The number of hydrogen-bond donors (Lipinski definition) is 1. The van der Waals surface area contributed by atoms with Crippen molar-refractivity contribution >= 4 is 17.5 Å². The molecule has 1 aromatic carbocycles. The first-order chi connectivity index (χ1) is 10.2. The second kappa shape index (κ2) is 5.87. The summed E-state index contributed by atoms with van der Waals surface area (Å²) in [4.78, 5) is 18.8. The van der Waals surface area contributed by atoms with Crippen LogP contribution in [0.15, 0.2) is 36.7 Å². The smallest absolute Gasteiger partial charge is 0.242 e. The lowest BCUT2D eigenvalue weighted by molar-refractivity contribution is -0.129. The third kappa shape index (κ3) is 2.80. The molecule has 1 atom stereocenters. The van der Waals surface area contributed by atoms with Crippen molar-refractivity contribution in [2.45, 2.75) is 12.6 Å². The summed E-state index contributed by atoms with van der Waals surface area (Å²) >= 11 is 6.27. The molecule has 0 saturated carbocycles. The molecule has 2 heterocycles. The van der Waals surface area contributed by atoms with E-state index in [0.29, 0.717) is 18.1 Å². The maximum Gasteiger partial charge on any atom is 0.242 e. The molecular formula is C15H17ClN4O. The van der Waals surface area contributed by atoms with Gasteiger partial charge in [-0.2, -0.15) is 0 Å². The number of hydrogen-bond acceptors (Lipinski definition) is 3. The molecular weight excluding hydrogens is 288 g/mol.